The number of halogens is 4. The Labute approximate surface area is 169 Å². The second-order valence-electron chi connectivity index (χ2n) is 6.61. The van der Waals surface area contributed by atoms with Crippen LogP contribution in [-0.4, -0.2) is 36.0 Å². The predicted molar refractivity (Wildman–Crippen MR) is 106 cm³/mol. The molecule has 0 N–H and O–H groups in total. The fourth-order valence-corrected chi connectivity index (χ4v) is 3.58. The van der Waals surface area contributed by atoms with Crippen molar-refractivity contribution >= 4 is 23.0 Å². The normalized spacial score (nSPS) is 14.3. The van der Waals surface area contributed by atoms with E-state index in [-0.39, 0.29) is 16.5 Å². The molecule has 0 aliphatic carbocycles. The highest BCUT2D eigenvalue weighted by Gasteiger charge is 2.22. The van der Waals surface area contributed by atoms with Gasteiger partial charge < -0.3 is 9.80 Å². The Morgan fingerprint density at radius 3 is 2.10 bits per heavy atom. The van der Waals surface area contributed by atoms with E-state index < -0.39 is 17.2 Å². The van der Waals surface area contributed by atoms with Crippen LogP contribution in [0, 0.1) is 17.5 Å². The van der Waals surface area contributed by atoms with Crippen LogP contribution in [-0.2, 0) is 0 Å². The molecule has 2 heterocycles. The smallest absolute Gasteiger partial charge is 0.292 e. The lowest BCUT2D eigenvalue weighted by Crippen LogP contribution is -2.47. The minimum atomic E-state index is -0.906. The Morgan fingerprint density at radius 1 is 0.828 bits per heavy atom. The molecule has 5 nitrogen and oxygen atoms in total. The number of hydrogen-bond donors (Lipinski definition) is 0. The Morgan fingerprint density at radius 2 is 1.45 bits per heavy atom. The first kappa shape index (κ1) is 19.3. The van der Waals surface area contributed by atoms with Crippen molar-refractivity contribution in [3.8, 4) is 5.69 Å². The first-order chi connectivity index (χ1) is 13.9. The zero-order chi connectivity index (χ0) is 20.5. The third-order valence-electron chi connectivity index (χ3n) is 4.85. The van der Waals surface area contributed by atoms with E-state index in [9.17, 15) is 18.0 Å². The van der Waals surface area contributed by atoms with E-state index in [1.54, 1.807) is 12.1 Å². The molecule has 4 rings (SSSR count). The number of rotatable bonds is 3. The monoisotopic (exact) mass is 420 g/mol. The summed E-state index contributed by atoms with van der Waals surface area (Å²) in [7, 11) is 0. The highest BCUT2D eigenvalue weighted by atomic mass is 35.5. The Balaban J connectivity index is 1.55. The van der Waals surface area contributed by atoms with Crippen LogP contribution in [0.4, 0.5) is 24.5 Å². The molecule has 2 aromatic carbocycles. The van der Waals surface area contributed by atoms with Gasteiger partial charge in [-0.15, -0.1) is 0 Å². The molecule has 0 bridgehead atoms. The van der Waals surface area contributed by atoms with Gasteiger partial charge in [0.05, 0.1) is 11.9 Å². The van der Waals surface area contributed by atoms with E-state index in [1.165, 1.54) is 18.3 Å². The lowest BCUT2D eigenvalue weighted by molar-refractivity contribution is 0.570. The average Bonchev–Trinajstić information content (AvgIpc) is 2.71. The second kappa shape index (κ2) is 7.79. The van der Waals surface area contributed by atoms with Crippen molar-refractivity contribution < 1.29 is 13.2 Å². The lowest BCUT2D eigenvalue weighted by Gasteiger charge is -2.37. The standard InChI is InChI=1S/C20H16ClF3N4O/c21-19-18(12-25-28(20(19)29)17-6-3-14(23)11-16(17)24)27-9-7-26(8-10-27)15-4-1-13(22)2-5-15/h1-6,11-12H,7-10H2. The maximum Gasteiger partial charge on any atom is 0.292 e. The molecule has 0 unspecified atom stereocenters. The summed E-state index contributed by atoms with van der Waals surface area (Å²) in [5, 5.41) is 3.94. The molecule has 1 aromatic heterocycles. The number of benzene rings is 2. The topological polar surface area (TPSA) is 41.4 Å². The van der Waals surface area contributed by atoms with Crippen LogP contribution in [0.25, 0.3) is 5.69 Å². The first-order valence-electron chi connectivity index (χ1n) is 8.93. The quantitative estimate of drug-likeness (QED) is 0.649. The molecule has 150 valence electrons. The van der Waals surface area contributed by atoms with Crippen molar-refractivity contribution in [2.45, 2.75) is 0 Å². The van der Waals surface area contributed by atoms with Gasteiger partial charge in [0.15, 0.2) is 5.82 Å². The van der Waals surface area contributed by atoms with Gasteiger partial charge in [-0.1, -0.05) is 11.6 Å². The van der Waals surface area contributed by atoms with Crippen LogP contribution >= 0.6 is 11.6 Å². The molecule has 0 amide bonds. The van der Waals surface area contributed by atoms with Gasteiger partial charge in [0.25, 0.3) is 5.56 Å². The predicted octanol–water partition coefficient (Wildman–Crippen LogP) is 3.63. The van der Waals surface area contributed by atoms with Crippen LogP contribution < -0.4 is 15.4 Å². The van der Waals surface area contributed by atoms with E-state index in [2.05, 4.69) is 10.00 Å². The van der Waals surface area contributed by atoms with Crippen LogP contribution in [0.15, 0.2) is 53.5 Å². The number of nitrogens with zero attached hydrogens (tertiary/aromatic N) is 4. The molecule has 0 saturated carbocycles. The Hall–Kier alpha value is -3.00. The molecule has 1 fully saturated rings. The highest BCUT2D eigenvalue weighted by molar-refractivity contribution is 6.33. The van der Waals surface area contributed by atoms with Crippen LogP contribution in [0.5, 0.6) is 0 Å². The van der Waals surface area contributed by atoms with Crippen molar-refractivity contribution in [1.82, 2.24) is 9.78 Å². The van der Waals surface area contributed by atoms with Crippen molar-refractivity contribution in [3.63, 3.8) is 0 Å². The summed E-state index contributed by atoms with van der Waals surface area (Å²) >= 11 is 6.27. The molecular weight excluding hydrogens is 405 g/mol. The van der Waals surface area contributed by atoms with E-state index >= 15 is 0 Å². The fraction of sp³-hybridized carbons (Fsp3) is 0.200. The first-order valence-corrected chi connectivity index (χ1v) is 9.30. The summed E-state index contributed by atoms with van der Waals surface area (Å²) in [5.41, 5.74) is 0.508. The largest absolute Gasteiger partial charge is 0.368 e. The maximum atomic E-state index is 14.0. The fourth-order valence-electron chi connectivity index (χ4n) is 3.33. The molecule has 9 heteroatoms. The summed E-state index contributed by atoms with van der Waals surface area (Å²) in [6.45, 7) is 2.45. The van der Waals surface area contributed by atoms with Gasteiger partial charge in [-0.3, -0.25) is 4.79 Å². The zero-order valence-electron chi connectivity index (χ0n) is 15.2. The summed E-state index contributed by atoms with van der Waals surface area (Å²) in [4.78, 5) is 16.6. The molecule has 1 aliphatic rings. The Kier molecular flexibility index (Phi) is 5.19. The molecule has 3 aromatic rings. The number of hydrogen-bond acceptors (Lipinski definition) is 4. The van der Waals surface area contributed by atoms with Gasteiger partial charge in [-0.2, -0.15) is 9.78 Å². The molecule has 0 spiro atoms. The molecule has 1 saturated heterocycles. The van der Waals surface area contributed by atoms with Gasteiger partial charge >= 0.3 is 0 Å². The van der Waals surface area contributed by atoms with Gasteiger partial charge in [-0.25, -0.2) is 13.2 Å². The molecular formula is C20H16ClF3N4O. The van der Waals surface area contributed by atoms with Crippen molar-refractivity contribution in [2.24, 2.45) is 0 Å². The van der Waals surface area contributed by atoms with Gasteiger partial charge in [-0.05, 0) is 36.4 Å². The highest BCUT2D eigenvalue weighted by Crippen LogP contribution is 2.25. The van der Waals surface area contributed by atoms with Crippen LogP contribution in [0.1, 0.15) is 0 Å². The van der Waals surface area contributed by atoms with Gasteiger partial charge in [0.2, 0.25) is 0 Å². The molecule has 0 radical (unpaired) electrons. The summed E-state index contributed by atoms with van der Waals surface area (Å²) < 4.78 is 41.0. The van der Waals surface area contributed by atoms with Crippen LogP contribution in [0.3, 0.4) is 0 Å². The van der Waals surface area contributed by atoms with E-state index in [0.717, 1.165) is 22.5 Å². The van der Waals surface area contributed by atoms with Crippen LogP contribution in [0.2, 0.25) is 5.02 Å². The summed E-state index contributed by atoms with van der Waals surface area (Å²) in [6.07, 6.45) is 1.40. The van der Waals surface area contributed by atoms with Gasteiger partial charge in [0, 0.05) is 37.9 Å². The number of piperazine rings is 1. The van der Waals surface area contributed by atoms with E-state index in [1.807, 2.05) is 4.90 Å². The average molecular weight is 421 g/mol. The summed E-state index contributed by atoms with van der Waals surface area (Å²) in [6, 6.07) is 9.13. The van der Waals surface area contributed by atoms with Crippen molar-refractivity contribution in [3.05, 3.63) is 81.5 Å². The summed E-state index contributed by atoms with van der Waals surface area (Å²) in [5.74, 6) is -1.94. The van der Waals surface area contributed by atoms with Gasteiger partial charge in [0.1, 0.15) is 22.3 Å². The lowest BCUT2D eigenvalue weighted by atomic mass is 10.2. The van der Waals surface area contributed by atoms with E-state index in [0.29, 0.717) is 37.9 Å². The molecule has 1 aliphatic heterocycles. The third kappa shape index (κ3) is 3.80. The minimum absolute atomic E-state index is 0.0843. The SMILES string of the molecule is O=c1c(Cl)c(N2CCN(c3ccc(F)cc3)CC2)cnn1-c1ccc(F)cc1F. The maximum absolute atomic E-state index is 14.0. The number of anilines is 2. The van der Waals surface area contributed by atoms with Crippen molar-refractivity contribution in [2.75, 3.05) is 36.0 Å². The van der Waals surface area contributed by atoms with Crippen molar-refractivity contribution in [1.29, 1.82) is 0 Å². The minimum Gasteiger partial charge on any atom is -0.368 e. The molecule has 29 heavy (non-hydrogen) atoms. The second-order valence-corrected chi connectivity index (χ2v) is 6.98. The number of aromatic nitrogens is 2. The zero-order valence-corrected chi connectivity index (χ0v) is 15.9. The van der Waals surface area contributed by atoms with E-state index in [4.69, 9.17) is 11.6 Å². The third-order valence-corrected chi connectivity index (χ3v) is 5.21. The Bertz CT molecular complexity index is 1100. The molecule has 0 atom stereocenters.